The Morgan fingerprint density at radius 3 is 2.67 bits per heavy atom. The summed E-state index contributed by atoms with van der Waals surface area (Å²) in [6.07, 6.45) is 7.84. The number of aromatic nitrogens is 1. The molecule has 6 nitrogen and oxygen atoms in total. The predicted molar refractivity (Wildman–Crippen MR) is 102 cm³/mol. The first-order chi connectivity index (χ1) is 13.2. The molecule has 140 valence electrons. The molecule has 1 aliphatic rings. The third kappa shape index (κ3) is 5.71. The van der Waals surface area contributed by atoms with Crippen molar-refractivity contribution < 1.29 is 14.3 Å². The second-order valence-corrected chi connectivity index (χ2v) is 6.64. The molecule has 27 heavy (non-hydrogen) atoms. The normalized spacial score (nSPS) is 14.2. The van der Waals surface area contributed by atoms with E-state index < -0.39 is 0 Å². The number of nitrogens with one attached hydrogen (secondary N) is 1. The van der Waals surface area contributed by atoms with E-state index in [0.717, 1.165) is 0 Å². The molecule has 0 aliphatic heterocycles. The highest BCUT2D eigenvalue weighted by Gasteiger charge is 2.16. The van der Waals surface area contributed by atoms with E-state index in [-0.39, 0.29) is 12.5 Å². The summed E-state index contributed by atoms with van der Waals surface area (Å²) in [4.78, 5) is 16.4. The average Bonchev–Trinajstić information content (AvgIpc) is 2.73. The number of nitrogens with zero attached hydrogens (tertiary/aromatic N) is 2. The summed E-state index contributed by atoms with van der Waals surface area (Å²) in [6.45, 7) is 0.501. The van der Waals surface area contributed by atoms with Crippen molar-refractivity contribution in [1.29, 1.82) is 5.26 Å². The molecule has 0 unspecified atom stereocenters. The first kappa shape index (κ1) is 18.7. The summed E-state index contributed by atoms with van der Waals surface area (Å²) in [5, 5.41) is 11.5. The molecule has 2 aromatic rings. The number of hydrogen-bond donors (Lipinski definition) is 1. The van der Waals surface area contributed by atoms with Gasteiger partial charge in [-0.15, -0.1) is 0 Å². The zero-order chi connectivity index (χ0) is 18.9. The van der Waals surface area contributed by atoms with Crippen molar-refractivity contribution in [2.75, 3.05) is 18.5 Å². The topological polar surface area (TPSA) is 84.2 Å². The lowest BCUT2D eigenvalue weighted by Gasteiger charge is -2.22. The van der Waals surface area contributed by atoms with Crippen LogP contribution in [-0.2, 0) is 4.79 Å². The molecule has 3 rings (SSSR count). The number of carbonyl (C=O) groups is 1. The monoisotopic (exact) mass is 365 g/mol. The summed E-state index contributed by atoms with van der Waals surface area (Å²) >= 11 is 0. The molecule has 6 heteroatoms. The quantitative estimate of drug-likeness (QED) is 0.804. The van der Waals surface area contributed by atoms with E-state index in [1.807, 2.05) is 12.1 Å². The third-order valence-electron chi connectivity index (χ3n) is 4.58. The molecule has 0 atom stereocenters. The first-order valence-corrected chi connectivity index (χ1v) is 9.25. The Bertz CT molecular complexity index is 793. The highest BCUT2D eigenvalue weighted by molar-refractivity contribution is 5.92. The molecule has 1 aromatic heterocycles. The van der Waals surface area contributed by atoms with E-state index in [1.165, 1.54) is 32.1 Å². The number of amides is 1. The van der Waals surface area contributed by atoms with E-state index in [1.54, 1.807) is 36.5 Å². The molecular formula is C21H23N3O3. The zero-order valence-corrected chi connectivity index (χ0v) is 15.2. The van der Waals surface area contributed by atoms with Gasteiger partial charge in [0.05, 0.1) is 18.2 Å². The van der Waals surface area contributed by atoms with Crippen LogP contribution in [0, 0.1) is 17.2 Å². The lowest BCUT2D eigenvalue weighted by Crippen LogP contribution is -2.22. The Morgan fingerprint density at radius 1 is 1.15 bits per heavy atom. The highest BCUT2D eigenvalue weighted by atomic mass is 16.5. The molecule has 0 spiro atoms. The smallest absolute Gasteiger partial charge is 0.263 e. The van der Waals surface area contributed by atoms with E-state index >= 15 is 0 Å². The Kier molecular flexibility index (Phi) is 6.64. The number of pyridine rings is 1. The lowest BCUT2D eigenvalue weighted by atomic mass is 9.90. The molecule has 1 heterocycles. The fraction of sp³-hybridized carbons (Fsp3) is 0.381. The van der Waals surface area contributed by atoms with Gasteiger partial charge < -0.3 is 14.8 Å². The number of hydrogen-bond acceptors (Lipinski definition) is 5. The number of ether oxygens (including phenoxy) is 2. The standard InChI is InChI=1S/C21H23N3O3/c22-13-16-8-10-18(11-9-16)26-15-20(25)24-21-19(7-4-12-23-21)27-14-17-5-2-1-3-6-17/h4,7-12,17H,1-3,5-6,14-15H2,(H,23,24,25). The second kappa shape index (κ2) is 9.58. The van der Waals surface area contributed by atoms with Gasteiger partial charge in [0.15, 0.2) is 18.2 Å². The average molecular weight is 365 g/mol. The van der Waals surface area contributed by atoms with Gasteiger partial charge in [0.25, 0.3) is 5.91 Å². The highest BCUT2D eigenvalue weighted by Crippen LogP contribution is 2.27. The molecule has 1 amide bonds. The second-order valence-electron chi connectivity index (χ2n) is 6.64. The summed E-state index contributed by atoms with van der Waals surface area (Å²) in [5.41, 5.74) is 0.542. The Hall–Kier alpha value is -3.07. The fourth-order valence-corrected chi connectivity index (χ4v) is 3.11. The van der Waals surface area contributed by atoms with E-state index in [0.29, 0.717) is 35.4 Å². The molecule has 1 N–H and O–H groups in total. The van der Waals surface area contributed by atoms with Gasteiger partial charge in [0, 0.05) is 6.20 Å². The van der Waals surface area contributed by atoms with Gasteiger partial charge in [-0.3, -0.25) is 4.79 Å². The van der Waals surface area contributed by atoms with Crippen molar-refractivity contribution in [2.24, 2.45) is 5.92 Å². The van der Waals surface area contributed by atoms with Gasteiger partial charge in [-0.25, -0.2) is 4.98 Å². The van der Waals surface area contributed by atoms with Gasteiger partial charge in [-0.05, 0) is 55.2 Å². The maximum Gasteiger partial charge on any atom is 0.263 e. The van der Waals surface area contributed by atoms with Crippen molar-refractivity contribution in [1.82, 2.24) is 4.98 Å². The molecule has 1 aliphatic carbocycles. The fourth-order valence-electron chi connectivity index (χ4n) is 3.11. The SMILES string of the molecule is N#Cc1ccc(OCC(=O)Nc2ncccc2OCC2CCCCC2)cc1. The molecule has 0 radical (unpaired) electrons. The Labute approximate surface area is 159 Å². The van der Waals surface area contributed by atoms with E-state index in [9.17, 15) is 4.79 Å². The minimum absolute atomic E-state index is 0.148. The van der Waals surface area contributed by atoms with Crippen LogP contribution in [0.15, 0.2) is 42.6 Å². The van der Waals surface area contributed by atoms with Crippen LogP contribution in [0.1, 0.15) is 37.7 Å². The summed E-state index contributed by atoms with van der Waals surface area (Å²) in [7, 11) is 0. The molecule has 0 saturated heterocycles. The van der Waals surface area contributed by atoms with Crippen LogP contribution in [0.5, 0.6) is 11.5 Å². The Morgan fingerprint density at radius 2 is 1.93 bits per heavy atom. The van der Waals surface area contributed by atoms with Gasteiger partial charge in [-0.1, -0.05) is 19.3 Å². The molecular weight excluding hydrogens is 342 g/mol. The van der Waals surface area contributed by atoms with Crippen LogP contribution in [0.4, 0.5) is 5.82 Å². The largest absolute Gasteiger partial charge is 0.489 e. The number of benzene rings is 1. The zero-order valence-electron chi connectivity index (χ0n) is 15.2. The molecule has 0 bridgehead atoms. The third-order valence-corrected chi connectivity index (χ3v) is 4.58. The number of anilines is 1. The first-order valence-electron chi connectivity index (χ1n) is 9.25. The minimum atomic E-state index is -0.319. The summed E-state index contributed by atoms with van der Waals surface area (Å²) in [5.74, 6) is 1.76. The van der Waals surface area contributed by atoms with Crippen LogP contribution in [-0.4, -0.2) is 24.1 Å². The van der Waals surface area contributed by atoms with Crippen molar-refractivity contribution >= 4 is 11.7 Å². The van der Waals surface area contributed by atoms with Crippen molar-refractivity contribution in [3.8, 4) is 17.6 Å². The van der Waals surface area contributed by atoms with Gasteiger partial charge in [-0.2, -0.15) is 5.26 Å². The maximum atomic E-state index is 12.2. The van der Waals surface area contributed by atoms with Crippen LogP contribution in [0.2, 0.25) is 0 Å². The van der Waals surface area contributed by atoms with Gasteiger partial charge in [0.1, 0.15) is 5.75 Å². The maximum absolute atomic E-state index is 12.2. The Balaban J connectivity index is 1.51. The van der Waals surface area contributed by atoms with E-state index in [2.05, 4.69) is 10.3 Å². The van der Waals surface area contributed by atoms with Crippen LogP contribution in [0.25, 0.3) is 0 Å². The number of nitriles is 1. The summed E-state index contributed by atoms with van der Waals surface area (Å²) in [6, 6.07) is 12.2. The van der Waals surface area contributed by atoms with Crippen LogP contribution >= 0.6 is 0 Å². The number of rotatable bonds is 7. The summed E-state index contributed by atoms with van der Waals surface area (Å²) < 4.78 is 11.4. The molecule has 1 saturated carbocycles. The van der Waals surface area contributed by atoms with Gasteiger partial charge >= 0.3 is 0 Å². The number of carbonyl (C=O) groups excluding carboxylic acids is 1. The van der Waals surface area contributed by atoms with Crippen molar-refractivity contribution in [3.05, 3.63) is 48.2 Å². The van der Waals surface area contributed by atoms with Crippen molar-refractivity contribution in [2.45, 2.75) is 32.1 Å². The molecule has 1 fully saturated rings. The van der Waals surface area contributed by atoms with Crippen LogP contribution < -0.4 is 14.8 Å². The van der Waals surface area contributed by atoms with E-state index in [4.69, 9.17) is 14.7 Å². The van der Waals surface area contributed by atoms with Crippen molar-refractivity contribution in [3.63, 3.8) is 0 Å². The predicted octanol–water partition coefficient (Wildman–Crippen LogP) is 3.93. The molecule has 1 aromatic carbocycles. The van der Waals surface area contributed by atoms with Gasteiger partial charge in [0.2, 0.25) is 0 Å². The lowest BCUT2D eigenvalue weighted by molar-refractivity contribution is -0.118. The van der Waals surface area contributed by atoms with Crippen LogP contribution in [0.3, 0.4) is 0 Å². The minimum Gasteiger partial charge on any atom is -0.489 e.